The highest BCUT2D eigenvalue weighted by atomic mass is 35.5. The number of halogens is 4. The number of benzene rings is 3. The first-order chi connectivity index (χ1) is 16.3. The molecule has 0 aliphatic rings. The first kappa shape index (κ1) is 23.8. The summed E-state index contributed by atoms with van der Waals surface area (Å²) in [5.74, 6) is 0.188. The number of thiazole rings is 1. The lowest BCUT2D eigenvalue weighted by Crippen LogP contribution is -2.23. The number of hydrogen-bond donors (Lipinski definition) is 1. The fraction of sp³-hybridized carbons (Fsp3) is 0.120. The Hall–Kier alpha value is -3.36. The molecule has 4 rings (SSSR count). The zero-order chi connectivity index (χ0) is 24.1. The van der Waals surface area contributed by atoms with Crippen LogP contribution in [0.15, 0.2) is 78.2 Å². The maximum Gasteiger partial charge on any atom is 0.416 e. The van der Waals surface area contributed by atoms with Crippen molar-refractivity contribution in [3.05, 3.63) is 106 Å². The lowest BCUT2D eigenvalue weighted by atomic mass is 10.1. The summed E-state index contributed by atoms with van der Waals surface area (Å²) in [4.78, 5) is 16.8. The summed E-state index contributed by atoms with van der Waals surface area (Å²) in [6, 6.07) is 19.6. The average Bonchev–Trinajstić information content (AvgIpc) is 3.33. The molecule has 1 heterocycles. The van der Waals surface area contributed by atoms with Crippen molar-refractivity contribution in [1.82, 2.24) is 10.3 Å². The zero-order valence-electron chi connectivity index (χ0n) is 17.6. The van der Waals surface area contributed by atoms with E-state index in [-0.39, 0.29) is 12.2 Å². The SMILES string of the molecule is O=C(NCc1cccc(C(F)(F)F)c1)c1csc(-c2cccc(OCc3ccc(Cl)cc3)c2)n1. The van der Waals surface area contributed by atoms with Crippen molar-refractivity contribution in [1.29, 1.82) is 0 Å². The highest BCUT2D eigenvalue weighted by Crippen LogP contribution is 2.30. The molecule has 0 unspecified atom stereocenters. The second-order valence-electron chi connectivity index (χ2n) is 7.36. The molecular formula is C25H18ClF3N2O2S. The van der Waals surface area contributed by atoms with Crippen molar-refractivity contribution in [2.24, 2.45) is 0 Å². The van der Waals surface area contributed by atoms with E-state index in [0.29, 0.717) is 28.0 Å². The van der Waals surface area contributed by atoms with Gasteiger partial charge in [-0.15, -0.1) is 11.3 Å². The summed E-state index contributed by atoms with van der Waals surface area (Å²) in [6.45, 7) is 0.339. The number of carbonyl (C=O) groups is 1. The first-order valence-electron chi connectivity index (χ1n) is 10.2. The number of alkyl halides is 3. The normalized spacial score (nSPS) is 11.3. The molecule has 1 aromatic heterocycles. The Bertz CT molecular complexity index is 1290. The minimum atomic E-state index is -4.43. The molecule has 4 nitrogen and oxygen atoms in total. The standard InChI is InChI=1S/C25H18ClF3N2O2S/c26-20-9-7-16(8-10-20)14-33-21-6-2-4-18(12-21)24-31-22(15-34-24)23(32)30-13-17-3-1-5-19(11-17)25(27,28)29/h1-12,15H,13-14H2,(H,30,32). The quantitative estimate of drug-likeness (QED) is 0.296. The molecule has 0 aliphatic heterocycles. The number of hydrogen-bond acceptors (Lipinski definition) is 4. The van der Waals surface area contributed by atoms with Crippen LogP contribution >= 0.6 is 22.9 Å². The van der Waals surface area contributed by atoms with Gasteiger partial charge in [-0.25, -0.2) is 4.98 Å². The molecule has 174 valence electrons. The summed E-state index contributed by atoms with van der Waals surface area (Å²) in [6.07, 6.45) is -4.43. The van der Waals surface area contributed by atoms with Crippen molar-refractivity contribution >= 4 is 28.8 Å². The summed E-state index contributed by atoms with van der Waals surface area (Å²) in [7, 11) is 0. The molecule has 0 radical (unpaired) electrons. The third-order valence-electron chi connectivity index (χ3n) is 4.84. The maximum absolute atomic E-state index is 12.9. The summed E-state index contributed by atoms with van der Waals surface area (Å²) >= 11 is 7.19. The summed E-state index contributed by atoms with van der Waals surface area (Å²) in [5.41, 5.74) is 1.55. The monoisotopic (exact) mass is 502 g/mol. The Balaban J connectivity index is 1.38. The average molecular weight is 503 g/mol. The molecule has 0 bridgehead atoms. The lowest BCUT2D eigenvalue weighted by Gasteiger charge is -2.09. The molecule has 3 aromatic carbocycles. The Morgan fingerprint density at radius 3 is 2.53 bits per heavy atom. The molecule has 0 saturated heterocycles. The van der Waals surface area contributed by atoms with Crippen molar-refractivity contribution in [3.63, 3.8) is 0 Å². The van der Waals surface area contributed by atoms with E-state index >= 15 is 0 Å². The molecule has 0 saturated carbocycles. The molecule has 9 heteroatoms. The number of nitrogens with zero attached hydrogens (tertiary/aromatic N) is 1. The minimum absolute atomic E-state index is 0.0381. The summed E-state index contributed by atoms with van der Waals surface area (Å²) < 4.78 is 44.4. The van der Waals surface area contributed by atoms with Crippen LogP contribution in [0.4, 0.5) is 13.2 Å². The fourth-order valence-corrected chi connectivity index (χ4v) is 4.03. The Kier molecular flexibility index (Phi) is 7.19. The maximum atomic E-state index is 12.9. The van der Waals surface area contributed by atoms with Gasteiger partial charge >= 0.3 is 6.18 Å². The van der Waals surface area contributed by atoms with Gasteiger partial charge in [-0.3, -0.25) is 4.79 Å². The lowest BCUT2D eigenvalue weighted by molar-refractivity contribution is -0.137. The van der Waals surface area contributed by atoms with E-state index in [0.717, 1.165) is 23.3 Å². The number of amides is 1. The van der Waals surface area contributed by atoms with Crippen molar-refractivity contribution < 1.29 is 22.7 Å². The van der Waals surface area contributed by atoms with Crippen LogP contribution in [0.1, 0.15) is 27.2 Å². The zero-order valence-corrected chi connectivity index (χ0v) is 19.2. The molecule has 4 aromatic rings. The van der Waals surface area contributed by atoms with Gasteiger partial charge in [-0.05, 0) is 47.5 Å². The minimum Gasteiger partial charge on any atom is -0.489 e. The summed E-state index contributed by atoms with van der Waals surface area (Å²) in [5, 5.41) is 5.51. The number of nitrogens with one attached hydrogen (secondary N) is 1. The van der Waals surface area contributed by atoms with Gasteiger partial charge in [-0.1, -0.05) is 48.0 Å². The Labute approximate surface area is 203 Å². The van der Waals surface area contributed by atoms with Gasteiger partial charge in [0.25, 0.3) is 5.91 Å². The van der Waals surface area contributed by atoms with Gasteiger partial charge in [0.05, 0.1) is 5.56 Å². The topological polar surface area (TPSA) is 51.2 Å². The molecule has 0 atom stereocenters. The highest BCUT2D eigenvalue weighted by molar-refractivity contribution is 7.13. The predicted molar refractivity (Wildman–Crippen MR) is 126 cm³/mol. The van der Waals surface area contributed by atoms with E-state index in [2.05, 4.69) is 10.3 Å². The van der Waals surface area contributed by atoms with Crippen LogP contribution in [0.2, 0.25) is 5.02 Å². The van der Waals surface area contributed by atoms with Crippen molar-refractivity contribution in [2.45, 2.75) is 19.3 Å². The Morgan fingerprint density at radius 1 is 1.00 bits per heavy atom. The molecule has 0 aliphatic carbocycles. The molecule has 0 spiro atoms. The predicted octanol–water partition coefficient (Wildman–Crippen LogP) is 6.99. The number of rotatable bonds is 7. The van der Waals surface area contributed by atoms with Gasteiger partial charge in [0.15, 0.2) is 0 Å². The number of aromatic nitrogens is 1. The van der Waals surface area contributed by atoms with E-state index in [9.17, 15) is 18.0 Å². The second-order valence-corrected chi connectivity index (χ2v) is 8.66. The molecule has 0 fully saturated rings. The van der Waals surface area contributed by atoms with Gasteiger partial charge in [0.2, 0.25) is 0 Å². The van der Waals surface area contributed by atoms with Crippen LogP contribution < -0.4 is 10.1 Å². The smallest absolute Gasteiger partial charge is 0.416 e. The molecular weight excluding hydrogens is 485 g/mol. The Morgan fingerprint density at radius 2 is 1.76 bits per heavy atom. The van der Waals surface area contributed by atoms with Gasteiger partial charge < -0.3 is 10.1 Å². The van der Waals surface area contributed by atoms with E-state index in [4.69, 9.17) is 16.3 Å². The third kappa shape index (κ3) is 6.15. The largest absolute Gasteiger partial charge is 0.489 e. The van der Waals surface area contributed by atoms with Crippen LogP contribution in [-0.4, -0.2) is 10.9 Å². The fourth-order valence-electron chi connectivity index (χ4n) is 3.11. The van der Waals surface area contributed by atoms with E-state index in [1.165, 1.54) is 23.5 Å². The van der Waals surface area contributed by atoms with E-state index in [1.54, 1.807) is 17.5 Å². The third-order valence-corrected chi connectivity index (χ3v) is 5.99. The van der Waals surface area contributed by atoms with Crippen molar-refractivity contribution in [2.75, 3.05) is 0 Å². The number of carbonyl (C=O) groups excluding carboxylic acids is 1. The number of ether oxygens (including phenoxy) is 1. The van der Waals surface area contributed by atoms with Gasteiger partial charge in [-0.2, -0.15) is 13.2 Å². The molecule has 1 amide bonds. The highest BCUT2D eigenvalue weighted by Gasteiger charge is 2.30. The van der Waals surface area contributed by atoms with E-state index in [1.807, 2.05) is 36.4 Å². The van der Waals surface area contributed by atoms with Gasteiger partial charge in [0, 0.05) is 22.5 Å². The molecule has 1 N–H and O–H groups in total. The van der Waals surface area contributed by atoms with Crippen LogP contribution in [0, 0.1) is 0 Å². The van der Waals surface area contributed by atoms with E-state index < -0.39 is 17.6 Å². The van der Waals surface area contributed by atoms with Crippen LogP contribution in [0.3, 0.4) is 0 Å². The second kappa shape index (κ2) is 10.3. The molecule has 34 heavy (non-hydrogen) atoms. The van der Waals surface area contributed by atoms with Crippen LogP contribution in [-0.2, 0) is 19.3 Å². The van der Waals surface area contributed by atoms with Crippen LogP contribution in [0.25, 0.3) is 10.6 Å². The van der Waals surface area contributed by atoms with Gasteiger partial charge in [0.1, 0.15) is 23.1 Å². The van der Waals surface area contributed by atoms with Crippen LogP contribution in [0.5, 0.6) is 5.75 Å². The first-order valence-corrected chi connectivity index (χ1v) is 11.4. The van der Waals surface area contributed by atoms with Crippen molar-refractivity contribution in [3.8, 4) is 16.3 Å².